The van der Waals surface area contributed by atoms with Gasteiger partial charge in [0.1, 0.15) is 0 Å². The second kappa shape index (κ2) is 6.96. The lowest BCUT2D eigenvalue weighted by Crippen LogP contribution is -2.29. The number of benzene rings is 1. The normalized spacial score (nSPS) is 19.5. The molecule has 1 unspecified atom stereocenters. The van der Waals surface area contributed by atoms with Crippen LogP contribution in [0.1, 0.15) is 88.2 Å². The maximum Gasteiger partial charge on any atom is 0.0848 e. The summed E-state index contributed by atoms with van der Waals surface area (Å²) < 4.78 is 0. The zero-order chi connectivity index (χ0) is 15.5. The molecule has 1 aromatic carbocycles. The zero-order valence-electron chi connectivity index (χ0n) is 14.3. The summed E-state index contributed by atoms with van der Waals surface area (Å²) >= 11 is 0. The minimum atomic E-state index is -0.298. The van der Waals surface area contributed by atoms with Crippen molar-refractivity contribution in [3.05, 3.63) is 34.4 Å². The molecule has 1 nitrogen and oxygen atoms in total. The van der Waals surface area contributed by atoms with Gasteiger partial charge in [0.15, 0.2) is 0 Å². The van der Waals surface area contributed by atoms with E-state index in [9.17, 15) is 5.11 Å². The number of hydrogen-bond acceptors (Lipinski definition) is 1. The average molecular weight is 288 g/mol. The molecule has 1 aromatic rings. The van der Waals surface area contributed by atoms with Crippen LogP contribution in [0.4, 0.5) is 0 Å². The number of aryl methyl sites for hydroxylation is 3. The average Bonchev–Trinajstić information content (AvgIpc) is 2.53. The molecule has 1 aliphatic carbocycles. The summed E-state index contributed by atoms with van der Waals surface area (Å²) in [4.78, 5) is 0. The van der Waals surface area contributed by atoms with Crippen molar-refractivity contribution in [2.24, 2.45) is 5.41 Å². The fraction of sp³-hybridized carbons (Fsp3) is 0.700. The third-order valence-corrected chi connectivity index (χ3v) is 5.51. The van der Waals surface area contributed by atoms with Crippen LogP contribution in [0.25, 0.3) is 0 Å². The molecule has 0 radical (unpaired) electrons. The maximum atomic E-state index is 11.2. The Bertz CT molecular complexity index is 444. The van der Waals surface area contributed by atoms with Gasteiger partial charge in [-0.2, -0.15) is 0 Å². The molecule has 0 heterocycles. The highest BCUT2D eigenvalue weighted by atomic mass is 16.3. The van der Waals surface area contributed by atoms with Gasteiger partial charge >= 0.3 is 0 Å². The van der Waals surface area contributed by atoms with Crippen LogP contribution in [0, 0.1) is 5.41 Å². The van der Waals surface area contributed by atoms with Gasteiger partial charge in [-0.15, -0.1) is 0 Å². The third-order valence-electron chi connectivity index (χ3n) is 5.51. The van der Waals surface area contributed by atoms with Gasteiger partial charge in [-0.3, -0.25) is 0 Å². The van der Waals surface area contributed by atoms with Gasteiger partial charge in [-0.25, -0.2) is 0 Å². The predicted molar refractivity (Wildman–Crippen MR) is 90.7 cm³/mol. The van der Waals surface area contributed by atoms with Crippen LogP contribution in [0.2, 0.25) is 0 Å². The first-order valence-electron chi connectivity index (χ1n) is 8.88. The molecule has 1 N–H and O–H groups in total. The molecular formula is C20H32O. The Kier molecular flexibility index (Phi) is 5.48. The first-order valence-corrected chi connectivity index (χ1v) is 8.88. The van der Waals surface area contributed by atoms with E-state index < -0.39 is 0 Å². The summed E-state index contributed by atoms with van der Waals surface area (Å²) in [5.74, 6) is 0. The van der Waals surface area contributed by atoms with Gasteiger partial charge in [0, 0.05) is 0 Å². The summed E-state index contributed by atoms with van der Waals surface area (Å²) in [6.07, 6.45) is 9.01. The lowest BCUT2D eigenvalue weighted by atomic mass is 9.68. The fourth-order valence-electron chi connectivity index (χ4n) is 3.97. The molecule has 0 saturated heterocycles. The topological polar surface area (TPSA) is 20.2 Å². The maximum absolute atomic E-state index is 11.2. The van der Waals surface area contributed by atoms with Crippen LogP contribution < -0.4 is 0 Å². The van der Waals surface area contributed by atoms with E-state index in [0.717, 1.165) is 32.1 Å². The van der Waals surface area contributed by atoms with E-state index in [-0.39, 0.29) is 11.5 Å². The standard InChI is InChI=1S/C20H32O/c1-5-15-13-16(6-2)18(17(7-3)14-15)19(21)20(4)11-9-8-10-12-20/h13-14,19,21H,5-12H2,1-4H3. The van der Waals surface area contributed by atoms with E-state index in [1.165, 1.54) is 41.5 Å². The molecule has 1 saturated carbocycles. The molecule has 0 aromatic heterocycles. The highest BCUT2D eigenvalue weighted by Crippen LogP contribution is 2.47. The Labute approximate surface area is 130 Å². The molecule has 118 valence electrons. The number of rotatable bonds is 5. The van der Waals surface area contributed by atoms with Crippen molar-refractivity contribution in [3.63, 3.8) is 0 Å². The van der Waals surface area contributed by atoms with Gasteiger partial charge in [-0.1, -0.05) is 59.1 Å². The van der Waals surface area contributed by atoms with E-state index in [1.807, 2.05) is 0 Å². The van der Waals surface area contributed by atoms with Crippen LogP contribution in [-0.4, -0.2) is 5.11 Å². The number of aliphatic hydroxyl groups excluding tert-OH is 1. The Morgan fingerprint density at radius 2 is 1.48 bits per heavy atom. The van der Waals surface area contributed by atoms with Crippen LogP contribution in [-0.2, 0) is 19.3 Å². The van der Waals surface area contributed by atoms with E-state index in [1.54, 1.807) is 0 Å². The van der Waals surface area contributed by atoms with Crippen molar-refractivity contribution >= 4 is 0 Å². The van der Waals surface area contributed by atoms with E-state index >= 15 is 0 Å². The van der Waals surface area contributed by atoms with E-state index in [0.29, 0.717) is 0 Å². The first kappa shape index (κ1) is 16.5. The summed E-state index contributed by atoms with van der Waals surface area (Å²) in [5, 5.41) is 11.2. The molecule has 0 bridgehead atoms. The van der Waals surface area contributed by atoms with Crippen LogP contribution >= 0.6 is 0 Å². The van der Waals surface area contributed by atoms with Crippen molar-refractivity contribution in [2.75, 3.05) is 0 Å². The van der Waals surface area contributed by atoms with Crippen molar-refractivity contribution < 1.29 is 5.11 Å². The van der Waals surface area contributed by atoms with Crippen LogP contribution in [0.3, 0.4) is 0 Å². The van der Waals surface area contributed by atoms with Gasteiger partial charge in [-0.05, 0) is 59.8 Å². The lowest BCUT2D eigenvalue weighted by molar-refractivity contribution is 0.00706. The summed E-state index contributed by atoms with van der Waals surface area (Å²) in [7, 11) is 0. The second-order valence-electron chi connectivity index (χ2n) is 7.01. The number of aliphatic hydroxyl groups is 1. The minimum Gasteiger partial charge on any atom is -0.388 e. The Balaban J connectivity index is 2.45. The van der Waals surface area contributed by atoms with Gasteiger partial charge in [0.2, 0.25) is 0 Å². The molecular weight excluding hydrogens is 256 g/mol. The Hall–Kier alpha value is -0.820. The zero-order valence-corrected chi connectivity index (χ0v) is 14.3. The predicted octanol–water partition coefficient (Wildman–Crippen LogP) is 5.38. The van der Waals surface area contributed by atoms with Crippen LogP contribution in [0.15, 0.2) is 12.1 Å². The molecule has 0 aliphatic heterocycles. The van der Waals surface area contributed by atoms with E-state index in [4.69, 9.17) is 0 Å². The molecule has 0 amide bonds. The Morgan fingerprint density at radius 3 is 1.90 bits per heavy atom. The summed E-state index contributed by atoms with van der Waals surface area (Å²) in [6, 6.07) is 4.65. The van der Waals surface area contributed by atoms with E-state index in [2.05, 4.69) is 39.8 Å². The van der Waals surface area contributed by atoms with Gasteiger partial charge in [0.25, 0.3) is 0 Å². The monoisotopic (exact) mass is 288 g/mol. The molecule has 1 heteroatoms. The van der Waals surface area contributed by atoms with Crippen LogP contribution in [0.5, 0.6) is 0 Å². The van der Waals surface area contributed by atoms with Crippen molar-refractivity contribution in [1.82, 2.24) is 0 Å². The SMILES string of the molecule is CCc1cc(CC)c(C(O)C2(C)CCCCC2)c(CC)c1. The molecule has 2 rings (SSSR count). The van der Waals surface area contributed by atoms with Gasteiger partial charge < -0.3 is 5.11 Å². The quantitative estimate of drug-likeness (QED) is 0.771. The lowest BCUT2D eigenvalue weighted by Gasteiger charge is -2.39. The molecule has 1 aliphatic rings. The molecule has 1 atom stereocenters. The molecule has 0 spiro atoms. The molecule has 1 fully saturated rings. The largest absolute Gasteiger partial charge is 0.388 e. The Morgan fingerprint density at radius 1 is 0.952 bits per heavy atom. The minimum absolute atomic E-state index is 0.0693. The smallest absolute Gasteiger partial charge is 0.0848 e. The summed E-state index contributed by atoms with van der Waals surface area (Å²) in [6.45, 7) is 8.94. The highest BCUT2D eigenvalue weighted by molar-refractivity contribution is 5.42. The van der Waals surface area contributed by atoms with Gasteiger partial charge in [0.05, 0.1) is 6.10 Å². The third kappa shape index (κ3) is 3.34. The second-order valence-corrected chi connectivity index (χ2v) is 7.01. The molecule has 21 heavy (non-hydrogen) atoms. The fourth-order valence-corrected chi connectivity index (χ4v) is 3.97. The highest BCUT2D eigenvalue weighted by Gasteiger charge is 2.37. The first-order chi connectivity index (χ1) is 10.1. The van der Waals surface area contributed by atoms with Crippen molar-refractivity contribution in [1.29, 1.82) is 0 Å². The van der Waals surface area contributed by atoms with Crippen molar-refractivity contribution in [2.45, 2.75) is 85.2 Å². The van der Waals surface area contributed by atoms with Crippen molar-refractivity contribution in [3.8, 4) is 0 Å². The number of hydrogen-bond donors (Lipinski definition) is 1. The summed E-state index contributed by atoms with van der Waals surface area (Å²) in [5.41, 5.74) is 5.46.